The molecule has 0 unspecified atom stereocenters. The van der Waals surface area contributed by atoms with Crippen molar-refractivity contribution >= 4 is 28.4 Å². The summed E-state index contributed by atoms with van der Waals surface area (Å²) in [7, 11) is 0. The zero-order valence-corrected chi connectivity index (χ0v) is 21.2. The normalized spacial score (nSPS) is 13.9. The molecule has 7 heteroatoms. The summed E-state index contributed by atoms with van der Waals surface area (Å²) in [6, 6.07) is 16.4. The maximum atomic E-state index is 13.3. The summed E-state index contributed by atoms with van der Waals surface area (Å²) >= 11 is 0. The molecule has 5 rings (SSSR count). The molecule has 2 aromatic carbocycles. The van der Waals surface area contributed by atoms with E-state index in [9.17, 15) is 9.59 Å². The molecule has 2 aromatic heterocycles. The third-order valence-corrected chi connectivity index (χ3v) is 7.32. The first kappa shape index (κ1) is 23.9. The minimum absolute atomic E-state index is 0.182. The molecule has 0 saturated heterocycles. The van der Waals surface area contributed by atoms with E-state index in [0.717, 1.165) is 48.7 Å². The molecule has 1 aliphatic rings. The van der Waals surface area contributed by atoms with Crippen LogP contribution in [-0.4, -0.2) is 32.2 Å². The molecular formula is C29H33N5O2. The molecule has 0 atom stereocenters. The van der Waals surface area contributed by atoms with Crippen LogP contribution in [0.2, 0.25) is 0 Å². The van der Waals surface area contributed by atoms with Crippen LogP contribution in [0.5, 0.6) is 0 Å². The Morgan fingerprint density at radius 2 is 1.78 bits per heavy atom. The van der Waals surface area contributed by atoms with Gasteiger partial charge in [-0.15, -0.1) is 0 Å². The summed E-state index contributed by atoms with van der Waals surface area (Å²) in [4.78, 5) is 26.2. The van der Waals surface area contributed by atoms with E-state index in [2.05, 4.69) is 58.4 Å². The molecule has 2 heterocycles. The van der Waals surface area contributed by atoms with Crippen LogP contribution in [0.1, 0.15) is 70.3 Å². The number of nitrogens with zero attached hydrogens (tertiary/aromatic N) is 3. The molecule has 1 aliphatic carbocycles. The number of benzene rings is 2. The number of hydrogen-bond donors (Lipinski definition) is 2. The Kier molecular flexibility index (Phi) is 6.63. The van der Waals surface area contributed by atoms with Crippen LogP contribution >= 0.6 is 0 Å². The lowest BCUT2D eigenvalue weighted by molar-refractivity contribution is 0.0933. The number of carbonyl (C=O) groups is 2. The SMILES string of the molecule is CCn1cc(NC(=O)c2ccc3c(c2)c(C)c(C)n3Cc2ccccc2)c(C(=O)NC2CCCC2)n1. The number of aryl methyl sites for hydroxylation is 2. The topological polar surface area (TPSA) is 81.0 Å². The summed E-state index contributed by atoms with van der Waals surface area (Å²) in [5.41, 5.74) is 5.92. The van der Waals surface area contributed by atoms with Gasteiger partial charge in [0.25, 0.3) is 11.8 Å². The van der Waals surface area contributed by atoms with E-state index in [1.165, 1.54) is 11.3 Å². The Balaban J connectivity index is 1.40. The molecule has 0 bridgehead atoms. The van der Waals surface area contributed by atoms with Crippen LogP contribution in [0.25, 0.3) is 10.9 Å². The van der Waals surface area contributed by atoms with Gasteiger partial charge in [0, 0.05) is 47.5 Å². The van der Waals surface area contributed by atoms with Crippen LogP contribution < -0.4 is 10.6 Å². The molecule has 0 aliphatic heterocycles. The van der Waals surface area contributed by atoms with E-state index in [0.29, 0.717) is 17.8 Å². The summed E-state index contributed by atoms with van der Waals surface area (Å²) in [5, 5.41) is 11.5. The molecule has 2 N–H and O–H groups in total. The van der Waals surface area contributed by atoms with E-state index in [-0.39, 0.29) is 23.6 Å². The average molecular weight is 484 g/mol. The Morgan fingerprint density at radius 3 is 2.50 bits per heavy atom. The standard InChI is InChI=1S/C29H33N5O2/c1-4-33-18-25(27(32-33)29(36)30-23-12-8-9-13-23)31-28(35)22-14-15-26-24(16-22)19(2)20(3)34(26)17-21-10-6-5-7-11-21/h5-7,10-11,14-16,18,23H,4,8-9,12-13,17H2,1-3H3,(H,30,36)(H,31,35). The molecule has 0 radical (unpaired) electrons. The summed E-state index contributed by atoms with van der Waals surface area (Å²) in [6.45, 7) is 7.55. The largest absolute Gasteiger partial charge is 0.348 e. The fourth-order valence-electron chi connectivity index (χ4n) is 5.12. The monoisotopic (exact) mass is 483 g/mol. The molecule has 0 spiro atoms. The highest BCUT2D eigenvalue weighted by molar-refractivity contribution is 6.09. The van der Waals surface area contributed by atoms with E-state index in [1.807, 2.05) is 31.2 Å². The van der Waals surface area contributed by atoms with Crippen molar-refractivity contribution in [2.45, 2.75) is 65.6 Å². The molecular weight excluding hydrogens is 450 g/mol. The number of aromatic nitrogens is 3. The lowest BCUT2D eigenvalue weighted by Gasteiger charge is -2.12. The Bertz CT molecular complexity index is 1410. The lowest BCUT2D eigenvalue weighted by atomic mass is 10.1. The second-order valence-electron chi connectivity index (χ2n) is 9.67. The smallest absolute Gasteiger partial charge is 0.274 e. The van der Waals surface area contributed by atoms with Gasteiger partial charge < -0.3 is 15.2 Å². The van der Waals surface area contributed by atoms with Crippen LogP contribution in [0, 0.1) is 13.8 Å². The van der Waals surface area contributed by atoms with E-state index in [4.69, 9.17) is 0 Å². The number of amides is 2. The van der Waals surface area contributed by atoms with Crippen LogP contribution in [0.4, 0.5) is 5.69 Å². The van der Waals surface area contributed by atoms with Crippen molar-refractivity contribution in [2.75, 3.05) is 5.32 Å². The first-order chi connectivity index (χ1) is 17.4. The van der Waals surface area contributed by atoms with Gasteiger partial charge in [0.2, 0.25) is 0 Å². The van der Waals surface area contributed by atoms with Crippen molar-refractivity contribution in [3.8, 4) is 0 Å². The van der Waals surface area contributed by atoms with Gasteiger partial charge >= 0.3 is 0 Å². The first-order valence-corrected chi connectivity index (χ1v) is 12.8. The van der Waals surface area contributed by atoms with Crippen molar-refractivity contribution < 1.29 is 9.59 Å². The Morgan fingerprint density at radius 1 is 1.03 bits per heavy atom. The summed E-state index contributed by atoms with van der Waals surface area (Å²) in [6.07, 6.45) is 5.97. The van der Waals surface area contributed by atoms with Gasteiger partial charge in [-0.1, -0.05) is 43.2 Å². The van der Waals surface area contributed by atoms with Gasteiger partial charge in [-0.05, 0) is 62.9 Å². The Hall–Kier alpha value is -3.87. The Labute approximate surface area is 211 Å². The zero-order valence-electron chi connectivity index (χ0n) is 21.2. The van der Waals surface area contributed by atoms with Crippen LogP contribution in [0.15, 0.2) is 54.7 Å². The van der Waals surface area contributed by atoms with Gasteiger partial charge in [-0.3, -0.25) is 14.3 Å². The predicted octanol–water partition coefficient (Wildman–Crippen LogP) is 5.45. The van der Waals surface area contributed by atoms with Gasteiger partial charge in [-0.25, -0.2) is 0 Å². The molecule has 7 nitrogen and oxygen atoms in total. The minimum Gasteiger partial charge on any atom is -0.348 e. The fourth-order valence-corrected chi connectivity index (χ4v) is 5.12. The van der Waals surface area contributed by atoms with E-state index < -0.39 is 0 Å². The molecule has 1 fully saturated rings. The third-order valence-electron chi connectivity index (χ3n) is 7.32. The average Bonchev–Trinajstić information content (AvgIpc) is 3.61. The van der Waals surface area contributed by atoms with Gasteiger partial charge in [0.15, 0.2) is 5.69 Å². The van der Waals surface area contributed by atoms with E-state index >= 15 is 0 Å². The van der Waals surface area contributed by atoms with Crippen molar-refractivity contribution in [1.29, 1.82) is 0 Å². The summed E-state index contributed by atoms with van der Waals surface area (Å²) in [5.74, 6) is -0.486. The predicted molar refractivity (Wildman–Crippen MR) is 143 cm³/mol. The fraction of sp³-hybridized carbons (Fsp3) is 0.345. The van der Waals surface area contributed by atoms with E-state index in [1.54, 1.807) is 10.9 Å². The zero-order chi connectivity index (χ0) is 25.2. The van der Waals surface area contributed by atoms with Crippen molar-refractivity contribution in [3.05, 3.63) is 82.8 Å². The molecule has 2 amide bonds. The molecule has 1 saturated carbocycles. The van der Waals surface area contributed by atoms with Gasteiger partial charge in [0.05, 0.1) is 5.69 Å². The highest BCUT2D eigenvalue weighted by Gasteiger charge is 2.24. The van der Waals surface area contributed by atoms with Crippen molar-refractivity contribution in [2.24, 2.45) is 0 Å². The second-order valence-corrected chi connectivity index (χ2v) is 9.67. The minimum atomic E-state index is -0.254. The highest BCUT2D eigenvalue weighted by atomic mass is 16.2. The number of nitrogens with one attached hydrogen (secondary N) is 2. The van der Waals surface area contributed by atoms with Crippen molar-refractivity contribution in [1.82, 2.24) is 19.7 Å². The number of anilines is 1. The molecule has 4 aromatic rings. The molecule has 36 heavy (non-hydrogen) atoms. The highest BCUT2D eigenvalue weighted by Crippen LogP contribution is 2.28. The number of fused-ring (bicyclic) bond motifs is 1. The maximum absolute atomic E-state index is 13.3. The maximum Gasteiger partial charge on any atom is 0.274 e. The van der Waals surface area contributed by atoms with Gasteiger partial charge in [0.1, 0.15) is 0 Å². The summed E-state index contributed by atoms with van der Waals surface area (Å²) < 4.78 is 3.97. The molecule has 186 valence electrons. The van der Waals surface area contributed by atoms with Crippen LogP contribution in [-0.2, 0) is 13.1 Å². The number of rotatable bonds is 7. The first-order valence-electron chi connectivity index (χ1n) is 12.8. The van der Waals surface area contributed by atoms with Crippen LogP contribution in [0.3, 0.4) is 0 Å². The third kappa shape index (κ3) is 4.65. The quantitative estimate of drug-likeness (QED) is 0.367. The number of carbonyl (C=O) groups excluding carboxylic acids is 2. The number of hydrogen-bond acceptors (Lipinski definition) is 3. The lowest BCUT2D eigenvalue weighted by Crippen LogP contribution is -2.33. The van der Waals surface area contributed by atoms with Crippen molar-refractivity contribution in [3.63, 3.8) is 0 Å². The second kappa shape index (κ2) is 10.0. The van der Waals surface area contributed by atoms with Gasteiger partial charge in [-0.2, -0.15) is 5.10 Å².